The van der Waals surface area contributed by atoms with E-state index in [2.05, 4.69) is 25.9 Å². The van der Waals surface area contributed by atoms with Gasteiger partial charge in [0.25, 0.3) is 5.56 Å². The monoisotopic (exact) mass is 308 g/mol. The second-order valence-electron chi connectivity index (χ2n) is 3.65. The number of alkyl halides is 1. The Labute approximate surface area is 113 Å². The first kappa shape index (κ1) is 12.8. The van der Waals surface area contributed by atoms with Gasteiger partial charge in [0.05, 0.1) is 12.2 Å². The molecule has 0 saturated heterocycles. The van der Waals surface area contributed by atoms with Crippen molar-refractivity contribution in [2.75, 3.05) is 6.61 Å². The van der Waals surface area contributed by atoms with E-state index in [1.54, 1.807) is 6.20 Å². The highest BCUT2D eigenvalue weighted by Gasteiger charge is 2.08. The van der Waals surface area contributed by atoms with Crippen LogP contribution in [0.2, 0.25) is 0 Å². The maximum absolute atomic E-state index is 11.7. The van der Waals surface area contributed by atoms with E-state index in [1.807, 2.05) is 31.2 Å². The number of hydrogen-bond donors (Lipinski definition) is 1. The van der Waals surface area contributed by atoms with Gasteiger partial charge in [-0.15, -0.1) is 0 Å². The molecule has 1 aromatic carbocycles. The smallest absolute Gasteiger partial charge is 0.255 e. The van der Waals surface area contributed by atoms with E-state index in [0.717, 1.165) is 11.3 Å². The molecule has 0 fully saturated rings. The molecule has 0 aliphatic heterocycles. The summed E-state index contributed by atoms with van der Waals surface area (Å²) in [5.74, 6) is 1.24. The Morgan fingerprint density at radius 3 is 2.83 bits per heavy atom. The molecule has 2 aromatic rings. The van der Waals surface area contributed by atoms with Crippen LogP contribution in [0.25, 0.3) is 11.4 Å². The Morgan fingerprint density at radius 2 is 2.17 bits per heavy atom. The highest BCUT2D eigenvalue weighted by Crippen LogP contribution is 2.26. The van der Waals surface area contributed by atoms with Gasteiger partial charge in [-0.2, -0.15) is 0 Å². The second kappa shape index (κ2) is 5.82. The average molecular weight is 309 g/mol. The van der Waals surface area contributed by atoms with E-state index < -0.39 is 0 Å². The van der Waals surface area contributed by atoms with Gasteiger partial charge in [-0.05, 0) is 19.1 Å². The zero-order chi connectivity index (χ0) is 13.0. The lowest BCUT2D eigenvalue weighted by molar-refractivity contribution is 0.341. The fourth-order valence-corrected chi connectivity index (χ4v) is 2.00. The molecular weight excluding hydrogens is 296 g/mol. The SMILES string of the molecule is CCOc1ccccc1-c1ncc(CBr)c(=O)[nH]1. The first-order valence-corrected chi connectivity index (χ1v) is 6.74. The summed E-state index contributed by atoms with van der Waals surface area (Å²) < 4.78 is 5.52. The van der Waals surface area contributed by atoms with E-state index in [-0.39, 0.29) is 5.56 Å². The summed E-state index contributed by atoms with van der Waals surface area (Å²) >= 11 is 3.24. The lowest BCUT2D eigenvalue weighted by Gasteiger charge is -2.09. The zero-order valence-electron chi connectivity index (χ0n) is 9.94. The van der Waals surface area contributed by atoms with E-state index >= 15 is 0 Å². The number of nitrogens with one attached hydrogen (secondary N) is 1. The van der Waals surface area contributed by atoms with Crippen molar-refractivity contribution in [3.05, 3.63) is 46.4 Å². The Morgan fingerprint density at radius 1 is 1.39 bits per heavy atom. The van der Waals surface area contributed by atoms with Crippen molar-refractivity contribution in [3.8, 4) is 17.1 Å². The number of nitrogens with zero attached hydrogens (tertiary/aromatic N) is 1. The molecule has 1 aromatic heterocycles. The fourth-order valence-electron chi connectivity index (χ4n) is 1.60. The minimum Gasteiger partial charge on any atom is -0.493 e. The largest absolute Gasteiger partial charge is 0.493 e. The third kappa shape index (κ3) is 2.61. The van der Waals surface area contributed by atoms with Gasteiger partial charge in [-0.25, -0.2) is 4.98 Å². The third-order valence-corrected chi connectivity index (χ3v) is 3.06. The molecular formula is C13H13BrN2O2. The summed E-state index contributed by atoms with van der Waals surface area (Å²) in [7, 11) is 0. The molecule has 2 rings (SSSR count). The van der Waals surface area contributed by atoms with E-state index in [4.69, 9.17) is 4.74 Å². The first-order valence-electron chi connectivity index (χ1n) is 5.62. The van der Waals surface area contributed by atoms with E-state index in [9.17, 15) is 4.79 Å². The van der Waals surface area contributed by atoms with Gasteiger partial charge in [0, 0.05) is 17.1 Å². The Hall–Kier alpha value is -1.62. The molecule has 0 spiro atoms. The summed E-state index contributed by atoms with van der Waals surface area (Å²) in [6.07, 6.45) is 1.58. The van der Waals surface area contributed by atoms with Crippen LogP contribution in [-0.2, 0) is 5.33 Å². The fraction of sp³-hybridized carbons (Fsp3) is 0.231. The minimum atomic E-state index is -0.136. The van der Waals surface area contributed by atoms with Crippen LogP contribution in [0.3, 0.4) is 0 Å². The molecule has 0 aliphatic carbocycles. The molecule has 0 saturated carbocycles. The summed E-state index contributed by atoms with van der Waals surface area (Å²) in [4.78, 5) is 18.8. The summed E-state index contributed by atoms with van der Waals surface area (Å²) in [6.45, 7) is 2.49. The van der Waals surface area contributed by atoms with Crippen molar-refractivity contribution in [2.24, 2.45) is 0 Å². The Balaban J connectivity index is 2.48. The molecule has 94 valence electrons. The number of benzene rings is 1. The van der Waals surface area contributed by atoms with Gasteiger partial charge in [-0.1, -0.05) is 28.1 Å². The third-order valence-electron chi connectivity index (χ3n) is 2.46. The van der Waals surface area contributed by atoms with Crippen molar-refractivity contribution >= 4 is 15.9 Å². The van der Waals surface area contributed by atoms with Crippen LogP contribution in [0.4, 0.5) is 0 Å². The van der Waals surface area contributed by atoms with Crippen molar-refractivity contribution in [3.63, 3.8) is 0 Å². The lowest BCUT2D eigenvalue weighted by Crippen LogP contribution is -2.13. The number of rotatable bonds is 4. The van der Waals surface area contributed by atoms with Crippen molar-refractivity contribution in [2.45, 2.75) is 12.3 Å². The molecule has 0 radical (unpaired) electrons. The van der Waals surface area contributed by atoms with Crippen LogP contribution < -0.4 is 10.3 Å². The van der Waals surface area contributed by atoms with Crippen LogP contribution in [0, 0.1) is 0 Å². The number of ether oxygens (including phenoxy) is 1. The molecule has 0 unspecified atom stereocenters. The van der Waals surface area contributed by atoms with Crippen molar-refractivity contribution in [1.82, 2.24) is 9.97 Å². The van der Waals surface area contributed by atoms with Gasteiger partial charge in [0.15, 0.2) is 0 Å². The average Bonchev–Trinajstić information content (AvgIpc) is 2.40. The van der Waals surface area contributed by atoms with Crippen LogP contribution >= 0.6 is 15.9 Å². The quantitative estimate of drug-likeness (QED) is 0.884. The molecule has 0 amide bonds. The number of aromatic nitrogens is 2. The molecule has 0 atom stereocenters. The zero-order valence-corrected chi connectivity index (χ0v) is 11.5. The second-order valence-corrected chi connectivity index (χ2v) is 4.21. The number of H-pyrrole nitrogens is 1. The van der Waals surface area contributed by atoms with E-state index in [1.165, 1.54) is 0 Å². The first-order chi connectivity index (χ1) is 8.76. The maximum atomic E-state index is 11.7. The number of aromatic amines is 1. The van der Waals surface area contributed by atoms with E-state index in [0.29, 0.717) is 23.3 Å². The number of hydrogen-bond acceptors (Lipinski definition) is 3. The highest BCUT2D eigenvalue weighted by molar-refractivity contribution is 9.08. The molecule has 1 heterocycles. The predicted molar refractivity (Wildman–Crippen MR) is 74.1 cm³/mol. The van der Waals surface area contributed by atoms with Crippen LogP contribution in [0.15, 0.2) is 35.3 Å². The van der Waals surface area contributed by atoms with Crippen molar-refractivity contribution < 1.29 is 4.74 Å². The normalized spacial score (nSPS) is 10.3. The number of halogens is 1. The van der Waals surface area contributed by atoms with Crippen LogP contribution in [0.5, 0.6) is 5.75 Å². The topological polar surface area (TPSA) is 55.0 Å². The summed E-state index contributed by atoms with van der Waals surface area (Å²) in [5, 5.41) is 0.489. The van der Waals surface area contributed by atoms with Gasteiger partial charge in [-0.3, -0.25) is 4.79 Å². The van der Waals surface area contributed by atoms with Crippen LogP contribution in [-0.4, -0.2) is 16.6 Å². The Bertz CT molecular complexity index is 596. The van der Waals surface area contributed by atoms with Gasteiger partial charge in [0.2, 0.25) is 0 Å². The molecule has 0 bridgehead atoms. The summed E-state index contributed by atoms with van der Waals surface area (Å²) in [6, 6.07) is 7.50. The molecule has 1 N–H and O–H groups in total. The molecule has 0 aliphatic rings. The van der Waals surface area contributed by atoms with Gasteiger partial charge < -0.3 is 9.72 Å². The highest BCUT2D eigenvalue weighted by atomic mass is 79.9. The number of para-hydroxylation sites is 1. The standard InChI is InChI=1S/C13H13BrN2O2/c1-2-18-11-6-4-3-5-10(11)12-15-8-9(7-14)13(17)16-12/h3-6,8H,2,7H2,1H3,(H,15,16,17). The molecule has 18 heavy (non-hydrogen) atoms. The van der Waals surface area contributed by atoms with Gasteiger partial charge in [0.1, 0.15) is 11.6 Å². The molecule has 4 nitrogen and oxygen atoms in total. The predicted octanol–water partition coefficient (Wildman–Crippen LogP) is 2.73. The van der Waals surface area contributed by atoms with Crippen molar-refractivity contribution in [1.29, 1.82) is 0 Å². The minimum absolute atomic E-state index is 0.136. The summed E-state index contributed by atoms with van der Waals surface area (Å²) in [5.41, 5.74) is 1.26. The Kier molecular flexibility index (Phi) is 4.15. The molecule has 5 heteroatoms. The lowest BCUT2D eigenvalue weighted by atomic mass is 10.2. The van der Waals surface area contributed by atoms with Crippen LogP contribution in [0.1, 0.15) is 12.5 Å². The maximum Gasteiger partial charge on any atom is 0.255 e. The van der Waals surface area contributed by atoms with Gasteiger partial charge >= 0.3 is 0 Å².